The molecule has 0 unspecified atom stereocenters. The summed E-state index contributed by atoms with van der Waals surface area (Å²) in [5.74, 6) is -0.0978. The largest absolute Gasteiger partial charge is 0.207 e. The fourth-order valence-electron chi connectivity index (χ4n) is 1.67. The molecule has 0 radical (unpaired) electrons. The molecule has 0 aliphatic carbocycles. The van der Waals surface area contributed by atoms with E-state index >= 15 is 0 Å². The molecule has 0 aliphatic rings. The van der Waals surface area contributed by atoms with Gasteiger partial charge in [0.1, 0.15) is 5.82 Å². The zero-order valence-corrected chi connectivity index (χ0v) is 14.3. The summed E-state index contributed by atoms with van der Waals surface area (Å²) >= 11 is 0. The van der Waals surface area contributed by atoms with E-state index in [1.54, 1.807) is 6.07 Å². The van der Waals surface area contributed by atoms with Crippen molar-refractivity contribution < 1.29 is 4.39 Å². The molecule has 0 N–H and O–H groups in total. The Balaban J connectivity index is 0.000000327. The Bertz CT molecular complexity index is 477. The molecule has 0 amide bonds. The summed E-state index contributed by atoms with van der Waals surface area (Å²) in [5, 5.41) is 0. The van der Waals surface area contributed by atoms with E-state index in [9.17, 15) is 4.39 Å². The van der Waals surface area contributed by atoms with Crippen LogP contribution in [0, 0.1) is 26.6 Å². The van der Waals surface area contributed by atoms with Crippen LogP contribution >= 0.6 is 0 Å². The first-order chi connectivity index (χ1) is 9.96. The standard InChI is InChI=1S/C9H11F.C8H10.C3H8/c1-3-8-5-4-6-9(10)7(8)2;1-7-3-5-8(2)6-4-7;1-3-2/h4-6H,3H2,1-2H3;3-6H,1-2H3;3H2,1-2H3. The smallest absolute Gasteiger partial charge is 0.126 e. The van der Waals surface area contributed by atoms with Crippen LogP contribution in [0.1, 0.15) is 49.4 Å². The van der Waals surface area contributed by atoms with Gasteiger partial charge in [-0.2, -0.15) is 0 Å². The van der Waals surface area contributed by atoms with Crippen LogP contribution in [0.4, 0.5) is 4.39 Å². The van der Waals surface area contributed by atoms with Crippen molar-refractivity contribution in [2.45, 2.75) is 54.4 Å². The van der Waals surface area contributed by atoms with Crippen LogP contribution in [0.5, 0.6) is 0 Å². The summed E-state index contributed by atoms with van der Waals surface area (Å²) in [6.45, 7) is 12.3. The van der Waals surface area contributed by atoms with E-state index in [1.165, 1.54) is 23.6 Å². The summed E-state index contributed by atoms with van der Waals surface area (Å²) in [5.41, 5.74) is 4.54. The number of aryl methyl sites for hydroxylation is 3. The maximum absolute atomic E-state index is 12.8. The van der Waals surface area contributed by atoms with E-state index in [1.807, 2.05) is 19.9 Å². The van der Waals surface area contributed by atoms with Gasteiger partial charge < -0.3 is 0 Å². The van der Waals surface area contributed by atoms with Crippen molar-refractivity contribution in [1.82, 2.24) is 0 Å². The van der Waals surface area contributed by atoms with Crippen molar-refractivity contribution in [2.24, 2.45) is 0 Å². The average Bonchev–Trinajstić information content (AvgIpc) is 2.47. The third-order valence-corrected chi connectivity index (χ3v) is 2.98. The van der Waals surface area contributed by atoms with Gasteiger partial charge in [0.15, 0.2) is 0 Å². The first kappa shape index (κ1) is 19.4. The Morgan fingerprint density at radius 3 is 1.52 bits per heavy atom. The number of hydrogen-bond acceptors (Lipinski definition) is 0. The highest BCUT2D eigenvalue weighted by atomic mass is 19.1. The minimum absolute atomic E-state index is 0.0978. The number of halogens is 1. The Morgan fingerprint density at radius 1 is 0.762 bits per heavy atom. The van der Waals surface area contributed by atoms with Crippen molar-refractivity contribution in [3.8, 4) is 0 Å². The molecule has 116 valence electrons. The van der Waals surface area contributed by atoms with Gasteiger partial charge in [0, 0.05) is 0 Å². The Morgan fingerprint density at radius 2 is 1.19 bits per heavy atom. The molecule has 21 heavy (non-hydrogen) atoms. The van der Waals surface area contributed by atoms with Crippen LogP contribution in [0.3, 0.4) is 0 Å². The maximum atomic E-state index is 12.8. The van der Waals surface area contributed by atoms with Crippen molar-refractivity contribution >= 4 is 0 Å². The highest BCUT2D eigenvalue weighted by Gasteiger charge is 1.99. The summed E-state index contributed by atoms with van der Waals surface area (Å²) in [6.07, 6.45) is 2.16. The number of benzene rings is 2. The molecule has 0 spiro atoms. The molecule has 0 heterocycles. The van der Waals surface area contributed by atoms with Gasteiger partial charge in [0.25, 0.3) is 0 Å². The fourth-order valence-corrected chi connectivity index (χ4v) is 1.67. The number of rotatable bonds is 1. The molecular formula is C20H29F. The van der Waals surface area contributed by atoms with Crippen molar-refractivity contribution in [3.63, 3.8) is 0 Å². The van der Waals surface area contributed by atoms with E-state index < -0.39 is 0 Å². The second-order valence-corrected chi connectivity index (χ2v) is 5.24. The van der Waals surface area contributed by atoms with Crippen molar-refractivity contribution in [2.75, 3.05) is 0 Å². The maximum Gasteiger partial charge on any atom is 0.126 e. The zero-order valence-electron chi connectivity index (χ0n) is 14.3. The molecular weight excluding hydrogens is 259 g/mol. The van der Waals surface area contributed by atoms with Crippen LogP contribution < -0.4 is 0 Å². The van der Waals surface area contributed by atoms with Crippen LogP contribution in [0.15, 0.2) is 42.5 Å². The minimum Gasteiger partial charge on any atom is -0.207 e. The first-order valence-electron chi connectivity index (χ1n) is 7.73. The third kappa shape index (κ3) is 8.29. The predicted octanol–water partition coefficient (Wildman–Crippen LogP) is 6.42. The zero-order chi connectivity index (χ0) is 16.3. The lowest BCUT2D eigenvalue weighted by atomic mass is 10.1. The van der Waals surface area contributed by atoms with Gasteiger partial charge in [-0.05, 0) is 44.4 Å². The molecule has 1 heteroatoms. The second kappa shape index (κ2) is 11.1. The Hall–Kier alpha value is -1.63. The lowest BCUT2D eigenvalue weighted by Crippen LogP contribution is -1.89. The minimum atomic E-state index is -0.0978. The van der Waals surface area contributed by atoms with Gasteiger partial charge in [0.2, 0.25) is 0 Å². The molecule has 2 aromatic carbocycles. The normalized spacial score (nSPS) is 9.10. The van der Waals surface area contributed by atoms with Crippen LogP contribution in [0.25, 0.3) is 0 Å². The summed E-state index contributed by atoms with van der Waals surface area (Å²) in [7, 11) is 0. The molecule has 2 rings (SSSR count). The number of hydrogen-bond donors (Lipinski definition) is 0. The van der Waals surface area contributed by atoms with E-state index in [4.69, 9.17) is 0 Å². The highest BCUT2D eigenvalue weighted by molar-refractivity contribution is 5.26. The Kier molecular flexibility index (Phi) is 10.2. The van der Waals surface area contributed by atoms with Gasteiger partial charge in [-0.15, -0.1) is 0 Å². The van der Waals surface area contributed by atoms with E-state index in [-0.39, 0.29) is 5.82 Å². The lowest BCUT2D eigenvalue weighted by molar-refractivity contribution is 0.615. The molecule has 0 bridgehead atoms. The second-order valence-electron chi connectivity index (χ2n) is 5.24. The van der Waals surface area contributed by atoms with Gasteiger partial charge in [-0.25, -0.2) is 4.39 Å². The van der Waals surface area contributed by atoms with Crippen LogP contribution in [0.2, 0.25) is 0 Å². The van der Waals surface area contributed by atoms with E-state index in [2.05, 4.69) is 52.0 Å². The monoisotopic (exact) mass is 288 g/mol. The molecule has 0 fully saturated rings. The van der Waals surface area contributed by atoms with Gasteiger partial charge in [-0.3, -0.25) is 0 Å². The van der Waals surface area contributed by atoms with Crippen LogP contribution in [-0.4, -0.2) is 0 Å². The molecule has 0 atom stereocenters. The molecule has 0 aliphatic heterocycles. The lowest BCUT2D eigenvalue weighted by Gasteiger charge is -2.01. The van der Waals surface area contributed by atoms with E-state index in [0.717, 1.165) is 17.5 Å². The van der Waals surface area contributed by atoms with Crippen LogP contribution in [-0.2, 0) is 6.42 Å². The topological polar surface area (TPSA) is 0 Å². The highest BCUT2D eigenvalue weighted by Crippen LogP contribution is 2.11. The quantitative estimate of drug-likeness (QED) is 0.568. The SMILES string of the molecule is CCC.CCc1cccc(F)c1C.Cc1ccc(C)cc1. The molecule has 2 aromatic rings. The van der Waals surface area contributed by atoms with Gasteiger partial charge in [-0.1, -0.05) is 74.7 Å². The predicted molar refractivity (Wildman–Crippen MR) is 92.4 cm³/mol. The Labute approximate surface area is 130 Å². The molecule has 0 saturated carbocycles. The van der Waals surface area contributed by atoms with E-state index in [0.29, 0.717) is 0 Å². The first-order valence-corrected chi connectivity index (χ1v) is 7.73. The van der Waals surface area contributed by atoms with Crippen molar-refractivity contribution in [1.29, 1.82) is 0 Å². The summed E-state index contributed by atoms with van der Waals surface area (Å²) in [6, 6.07) is 13.7. The third-order valence-electron chi connectivity index (χ3n) is 2.98. The molecule has 0 aromatic heterocycles. The van der Waals surface area contributed by atoms with Gasteiger partial charge >= 0.3 is 0 Å². The fraction of sp³-hybridized carbons (Fsp3) is 0.400. The molecule has 0 saturated heterocycles. The van der Waals surface area contributed by atoms with Gasteiger partial charge in [0.05, 0.1) is 0 Å². The summed E-state index contributed by atoms with van der Waals surface area (Å²) < 4.78 is 12.8. The molecule has 0 nitrogen and oxygen atoms in total. The van der Waals surface area contributed by atoms with Crippen molar-refractivity contribution in [3.05, 3.63) is 70.5 Å². The summed E-state index contributed by atoms with van der Waals surface area (Å²) in [4.78, 5) is 0. The average molecular weight is 288 g/mol.